The summed E-state index contributed by atoms with van der Waals surface area (Å²) in [7, 11) is 0. The lowest BCUT2D eigenvalue weighted by atomic mass is 10.2. The van der Waals surface area contributed by atoms with Gasteiger partial charge in [-0.3, -0.25) is 9.78 Å². The zero-order valence-electron chi connectivity index (χ0n) is 11.4. The summed E-state index contributed by atoms with van der Waals surface area (Å²) in [4.78, 5) is 15.6. The summed E-state index contributed by atoms with van der Waals surface area (Å²) in [5, 5.41) is 3.25. The molecule has 1 aromatic rings. The number of hydrogen-bond acceptors (Lipinski definition) is 4. The summed E-state index contributed by atoms with van der Waals surface area (Å²) in [6.45, 7) is 7.16. The number of carbonyl (C=O) groups is 1. The predicted octanol–water partition coefficient (Wildman–Crippen LogP) is 2.29. The number of ether oxygens (including phenoxy) is 1. The van der Waals surface area contributed by atoms with E-state index in [9.17, 15) is 4.79 Å². The van der Waals surface area contributed by atoms with Crippen LogP contribution in [-0.2, 0) is 16.1 Å². The van der Waals surface area contributed by atoms with Crippen LogP contribution in [0.5, 0.6) is 0 Å². The molecule has 1 rings (SSSR count). The van der Waals surface area contributed by atoms with Crippen LogP contribution >= 0.6 is 0 Å². The number of nitrogens with zero attached hydrogens (tertiary/aromatic N) is 1. The van der Waals surface area contributed by atoms with E-state index in [0.717, 1.165) is 25.2 Å². The minimum absolute atomic E-state index is 0.137. The van der Waals surface area contributed by atoms with Crippen molar-refractivity contribution >= 4 is 5.97 Å². The maximum atomic E-state index is 11.4. The highest BCUT2D eigenvalue weighted by atomic mass is 16.6. The van der Waals surface area contributed by atoms with E-state index in [-0.39, 0.29) is 5.97 Å². The van der Waals surface area contributed by atoms with Gasteiger partial charge in [0.05, 0.1) is 5.69 Å². The van der Waals surface area contributed by atoms with Gasteiger partial charge in [0.15, 0.2) is 0 Å². The zero-order chi connectivity index (χ0) is 13.4. The molecule has 0 spiro atoms. The fraction of sp³-hybridized carbons (Fsp3) is 0.571. The molecule has 0 atom stereocenters. The molecule has 100 valence electrons. The van der Waals surface area contributed by atoms with E-state index in [1.54, 1.807) is 6.20 Å². The second kappa shape index (κ2) is 7.11. The third-order valence-electron chi connectivity index (χ3n) is 2.19. The van der Waals surface area contributed by atoms with Crippen molar-refractivity contribution in [3.8, 4) is 0 Å². The molecular formula is C14H22N2O2. The van der Waals surface area contributed by atoms with Gasteiger partial charge in [-0.2, -0.15) is 0 Å². The van der Waals surface area contributed by atoms with Crippen LogP contribution in [0.4, 0.5) is 0 Å². The van der Waals surface area contributed by atoms with Crippen LogP contribution in [0, 0.1) is 0 Å². The van der Waals surface area contributed by atoms with Crippen LogP contribution in [0.3, 0.4) is 0 Å². The molecule has 0 saturated heterocycles. The fourth-order valence-electron chi connectivity index (χ4n) is 1.47. The first kappa shape index (κ1) is 14.6. The number of aromatic nitrogens is 1. The highest BCUT2D eigenvalue weighted by molar-refractivity contribution is 5.69. The number of pyridine rings is 1. The van der Waals surface area contributed by atoms with Crippen molar-refractivity contribution in [3.05, 3.63) is 30.1 Å². The molecule has 0 unspecified atom stereocenters. The minimum Gasteiger partial charge on any atom is -0.460 e. The molecule has 0 saturated carbocycles. The van der Waals surface area contributed by atoms with Gasteiger partial charge in [-0.05, 0) is 45.9 Å². The van der Waals surface area contributed by atoms with Crippen molar-refractivity contribution in [1.29, 1.82) is 0 Å². The molecule has 18 heavy (non-hydrogen) atoms. The quantitative estimate of drug-likeness (QED) is 0.621. The van der Waals surface area contributed by atoms with Crippen LogP contribution in [0.15, 0.2) is 24.4 Å². The Kier molecular flexibility index (Phi) is 5.78. The number of rotatable bonds is 6. The molecule has 0 aliphatic carbocycles. The SMILES string of the molecule is CC(C)(C)OC(=O)CCCNCc1ccccn1. The third kappa shape index (κ3) is 7.01. The monoisotopic (exact) mass is 250 g/mol. The summed E-state index contributed by atoms with van der Waals surface area (Å²) in [5.74, 6) is -0.137. The van der Waals surface area contributed by atoms with Crippen LogP contribution in [-0.4, -0.2) is 23.1 Å². The lowest BCUT2D eigenvalue weighted by Gasteiger charge is -2.19. The van der Waals surface area contributed by atoms with Crippen LogP contribution < -0.4 is 5.32 Å². The third-order valence-corrected chi connectivity index (χ3v) is 2.19. The highest BCUT2D eigenvalue weighted by Gasteiger charge is 2.15. The molecular weight excluding hydrogens is 228 g/mol. The minimum atomic E-state index is -0.390. The number of esters is 1. The fourth-order valence-corrected chi connectivity index (χ4v) is 1.47. The maximum Gasteiger partial charge on any atom is 0.306 e. The molecule has 0 radical (unpaired) electrons. The van der Waals surface area contributed by atoms with Gasteiger partial charge in [-0.25, -0.2) is 0 Å². The van der Waals surface area contributed by atoms with Crippen molar-refractivity contribution in [2.75, 3.05) is 6.54 Å². The molecule has 0 aliphatic rings. The van der Waals surface area contributed by atoms with Gasteiger partial charge in [0.2, 0.25) is 0 Å². The lowest BCUT2D eigenvalue weighted by Crippen LogP contribution is -2.24. The largest absolute Gasteiger partial charge is 0.460 e. The van der Waals surface area contributed by atoms with Crippen molar-refractivity contribution in [1.82, 2.24) is 10.3 Å². The lowest BCUT2D eigenvalue weighted by molar-refractivity contribution is -0.154. The predicted molar refractivity (Wildman–Crippen MR) is 71.0 cm³/mol. The second-order valence-electron chi connectivity index (χ2n) is 5.19. The highest BCUT2D eigenvalue weighted by Crippen LogP contribution is 2.08. The second-order valence-corrected chi connectivity index (χ2v) is 5.19. The van der Waals surface area contributed by atoms with Gasteiger partial charge in [0, 0.05) is 19.2 Å². The van der Waals surface area contributed by atoms with Crippen molar-refractivity contribution in [2.24, 2.45) is 0 Å². The van der Waals surface area contributed by atoms with E-state index in [1.807, 2.05) is 39.0 Å². The Bertz CT molecular complexity index is 358. The molecule has 0 aromatic carbocycles. The Morgan fingerprint density at radius 1 is 1.39 bits per heavy atom. The van der Waals surface area contributed by atoms with Gasteiger partial charge in [-0.15, -0.1) is 0 Å². The Balaban J connectivity index is 2.07. The van der Waals surface area contributed by atoms with Crippen molar-refractivity contribution < 1.29 is 9.53 Å². The van der Waals surface area contributed by atoms with Gasteiger partial charge < -0.3 is 10.1 Å². The Labute approximate surface area is 109 Å². The molecule has 4 nitrogen and oxygen atoms in total. The van der Waals surface area contributed by atoms with E-state index in [2.05, 4.69) is 10.3 Å². The van der Waals surface area contributed by atoms with Crippen LogP contribution in [0.1, 0.15) is 39.3 Å². The normalized spacial score (nSPS) is 11.3. The van der Waals surface area contributed by atoms with E-state index >= 15 is 0 Å². The smallest absolute Gasteiger partial charge is 0.306 e. The first-order valence-electron chi connectivity index (χ1n) is 6.30. The Morgan fingerprint density at radius 2 is 2.17 bits per heavy atom. The average Bonchev–Trinajstić information content (AvgIpc) is 2.27. The van der Waals surface area contributed by atoms with E-state index in [4.69, 9.17) is 4.74 Å². The Hall–Kier alpha value is -1.42. The molecule has 0 bridgehead atoms. The topological polar surface area (TPSA) is 51.2 Å². The molecule has 1 aromatic heterocycles. The van der Waals surface area contributed by atoms with E-state index < -0.39 is 5.60 Å². The molecule has 4 heteroatoms. The molecule has 0 aliphatic heterocycles. The number of nitrogens with one attached hydrogen (secondary N) is 1. The molecule has 1 heterocycles. The van der Waals surface area contributed by atoms with Gasteiger partial charge in [0.25, 0.3) is 0 Å². The summed E-state index contributed by atoms with van der Waals surface area (Å²) in [6.07, 6.45) is 3.01. The van der Waals surface area contributed by atoms with Crippen LogP contribution in [0.2, 0.25) is 0 Å². The van der Waals surface area contributed by atoms with Crippen LogP contribution in [0.25, 0.3) is 0 Å². The van der Waals surface area contributed by atoms with Gasteiger partial charge >= 0.3 is 5.97 Å². The Morgan fingerprint density at radius 3 is 2.78 bits per heavy atom. The van der Waals surface area contributed by atoms with Gasteiger partial charge in [0.1, 0.15) is 5.60 Å². The molecule has 1 N–H and O–H groups in total. The van der Waals surface area contributed by atoms with E-state index in [0.29, 0.717) is 6.42 Å². The van der Waals surface area contributed by atoms with Gasteiger partial charge in [-0.1, -0.05) is 6.07 Å². The molecule has 0 fully saturated rings. The summed E-state index contributed by atoms with van der Waals surface area (Å²) >= 11 is 0. The maximum absolute atomic E-state index is 11.4. The number of hydrogen-bond donors (Lipinski definition) is 1. The van der Waals surface area contributed by atoms with Crippen molar-refractivity contribution in [2.45, 2.75) is 45.8 Å². The standard InChI is InChI=1S/C14H22N2O2/c1-14(2,3)18-13(17)8-6-9-15-11-12-7-4-5-10-16-12/h4-5,7,10,15H,6,8-9,11H2,1-3H3. The van der Waals surface area contributed by atoms with E-state index in [1.165, 1.54) is 0 Å². The molecule has 0 amide bonds. The first-order valence-corrected chi connectivity index (χ1v) is 6.30. The number of carbonyl (C=O) groups excluding carboxylic acids is 1. The summed E-state index contributed by atoms with van der Waals surface area (Å²) < 4.78 is 5.22. The first-order chi connectivity index (χ1) is 8.47. The van der Waals surface area contributed by atoms with Crippen molar-refractivity contribution in [3.63, 3.8) is 0 Å². The summed E-state index contributed by atoms with van der Waals surface area (Å²) in [5.41, 5.74) is 0.619. The summed E-state index contributed by atoms with van der Waals surface area (Å²) in [6, 6.07) is 5.83. The average molecular weight is 250 g/mol. The zero-order valence-corrected chi connectivity index (χ0v) is 11.4.